The molecule has 0 aliphatic heterocycles. The number of likely N-dealkylation sites (N-methyl/N-ethyl adjacent to an activating group) is 1. The molecule has 1 N–H and O–H groups in total. The van der Waals surface area contributed by atoms with Crippen LogP contribution in [0.3, 0.4) is 0 Å². The van der Waals surface area contributed by atoms with Crippen molar-refractivity contribution < 1.29 is 18.8 Å². The van der Waals surface area contributed by atoms with Crippen molar-refractivity contribution in [2.75, 3.05) is 14.2 Å². The van der Waals surface area contributed by atoms with E-state index in [0.29, 0.717) is 0 Å². The minimum Gasteiger partial charge on any atom is -0.459 e. The van der Waals surface area contributed by atoms with Gasteiger partial charge in [0.1, 0.15) is 6.04 Å². The quantitative estimate of drug-likeness (QED) is 0.755. The molecule has 1 rings (SSSR count). The minimum atomic E-state index is -0.678. The topological polar surface area (TPSA) is 71.8 Å². The van der Waals surface area contributed by atoms with Gasteiger partial charge >= 0.3 is 0 Å². The zero-order valence-corrected chi connectivity index (χ0v) is 9.39. The molecule has 0 aliphatic rings. The largest absolute Gasteiger partial charge is 0.459 e. The van der Waals surface area contributed by atoms with Crippen LogP contribution in [0.15, 0.2) is 22.8 Å². The highest BCUT2D eigenvalue weighted by Crippen LogP contribution is 2.01. The fourth-order valence-corrected chi connectivity index (χ4v) is 1.10. The lowest BCUT2D eigenvalue weighted by atomic mass is 10.3. The first-order chi connectivity index (χ1) is 7.56. The normalized spacial score (nSPS) is 11.9. The Balaban J connectivity index is 2.55. The molecule has 0 aliphatic carbocycles. The van der Waals surface area contributed by atoms with E-state index in [2.05, 4.69) is 5.32 Å². The summed E-state index contributed by atoms with van der Waals surface area (Å²) in [6, 6.07) is 2.44. The predicted molar refractivity (Wildman–Crippen MR) is 55.4 cm³/mol. The lowest BCUT2D eigenvalue weighted by Crippen LogP contribution is -2.45. The minimum absolute atomic E-state index is 0.166. The van der Waals surface area contributed by atoms with E-state index in [4.69, 9.17) is 9.25 Å². The molecule has 6 heteroatoms. The Hall–Kier alpha value is -1.82. The van der Waals surface area contributed by atoms with Crippen LogP contribution in [0.1, 0.15) is 17.5 Å². The van der Waals surface area contributed by atoms with Crippen molar-refractivity contribution in [1.29, 1.82) is 0 Å². The lowest BCUT2D eigenvalue weighted by molar-refractivity contribution is -0.170. The standard InChI is InChI=1S/C10H14N2O4/c1-7(10(14)12(2)15-3)11-9(13)8-5-4-6-16-8/h4-7H,1-3H3,(H,11,13)/t7-/m1/s1. The third-order valence-corrected chi connectivity index (χ3v) is 2.05. The summed E-state index contributed by atoms with van der Waals surface area (Å²) in [5, 5.41) is 3.54. The number of nitrogens with zero attached hydrogens (tertiary/aromatic N) is 1. The fourth-order valence-electron chi connectivity index (χ4n) is 1.10. The maximum atomic E-state index is 11.5. The molecule has 0 aromatic carbocycles. The third-order valence-electron chi connectivity index (χ3n) is 2.05. The monoisotopic (exact) mass is 226 g/mol. The van der Waals surface area contributed by atoms with Gasteiger partial charge in [-0.1, -0.05) is 0 Å². The molecule has 1 aromatic heterocycles. The molecule has 88 valence electrons. The van der Waals surface area contributed by atoms with Crippen molar-refractivity contribution in [1.82, 2.24) is 10.4 Å². The summed E-state index contributed by atoms with van der Waals surface area (Å²) in [5.74, 6) is -0.613. The van der Waals surface area contributed by atoms with Crippen LogP contribution < -0.4 is 5.32 Å². The summed E-state index contributed by atoms with van der Waals surface area (Å²) in [7, 11) is 2.84. The molecule has 1 atom stereocenters. The fraction of sp³-hybridized carbons (Fsp3) is 0.400. The molecule has 0 unspecified atom stereocenters. The van der Waals surface area contributed by atoms with Crippen molar-refractivity contribution in [3.8, 4) is 0 Å². The van der Waals surface area contributed by atoms with Gasteiger partial charge in [-0.15, -0.1) is 0 Å². The van der Waals surface area contributed by atoms with Gasteiger partial charge in [0.05, 0.1) is 13.4 Å². The first kappa shape index (κ1) is 12.3. The van der Waals surface area contributed by atoms with Gasteiger partial charge in [0.15, 0.2) is 5.76 Å². The SMILES string of the molecule is CON(C)C(=O)[C@@H](C)NC(=O)c1ccco1. The average Bonchev–Trinajstić information content (AvgIpc) is 2.80. The Morgan fingerprint density at radius 1 is 1.56 bits per heavy atom. The summed E-state index contributed by atoms with van der Waals surface area (Å²) in [6.07, 6.45) is 1.39. The number of nitrogens with one attached hydrogen (secondary N) is 1. The van der Waals surface area contributed by atoms with Crippen LogP contribution in [0.25, 0.3) is 0 Å². The summed E-state index contributed by atoms with van der Waals surface area (Å²) < 4.78 is 4.89. The Kier molecular flexibility index (Phi) is 4.07. The van der Waals surface area contributed by atoms with E-state index in [1.54, 1.807) is 13.0 Å². The number of hydrogen-bond acceptors (Lipinski definition) is 4. The van der Waals surface area contributed by atoms with Gasteiger partial charge in [0.25, 0.3) is 11.8 Å². The highest BCUT2D eigenvalue weighted by molar-refractivity contribution is 5.95. The molecule has 16 heavy (non-hydrogen) atoms. The smallest absolute Gasteiger partial charge is 0.287 e. The summed E-state index contributed by atoms with van der Waals surface area (Å²) in [5.41, 5.74) is 0. The Bertz CT molecular complexity index is 361. The van der Waals surface area contributed by atoms with Crippen molar-refractivity contribution in [2.24, 2.45) is 0 Å². The maximum absolute atomic E-state index is 11.5. The van der Waals surface area contributed by atoms with Gasteiger partial charge in [0, 0.05) is 7.05 Å². The maximum Gasteiger partial charge on any atom is 0.287 e. The predicted octanol–water partition coefficient (Wildman–Crippen LogP) is 0.418. The second-order valence-corrected chi connectivity index (χ2v) is 3.19. The van der Waals surface area contributed by atoms with Crippen molar-refractivity contribution in [2.45, 2.75) is 13.0 Å². The Labute approximate surface area is 93.1 Å². The number of hydrogen-bond donors (Lipinski definition) is 1. The van der Waals surface area contributed by atoms with Crippen LogP contribution in [0.2, 0.25) is 0 Å². The van der Waals surface area contributed by atoms with Gasteiger partial charge in [-0.05, 0) is 19.1 Å². The molecule has 1 aromatic rings. The molecule has 0 bridgehead atoms. The highest BCUT2D eigenvalue weighted by Gasteiger charge is 2.20. The van der Waals surface area contributed by atoms with Gasteiger partial charge < -0.3 is 9.73 Å². The number of amides is 2. The van der Waals surface area contributed by atoms with Crippen molar-refractivity contribution >= 4 is 11.8 Å². The van der Waals surface area contributed by atoms with E-state index < -0.39 is 11.9 Å². The molecule has 0 saturated heterocycles. The number of hydroxylamine groups is 2. The second-order valence-electron chi connectivity index (χ2n) is 3.19. The Morgan fingerprint density at radius 3 is 2.75 bits per heavy atom. The summed E-state index contributed by atoms with van der Waals surface area (Å²) >= 11 is 0. The molecule has 6 nitrogen and oxygen atoms in total. The first-order valence-electron chi connectivity index (χ1n) is 4.72. The molecule has 0 saturated carbocycles. The molecular weight excluding hydrogens is 212 g/mol. The van der Waals surface area contributed by atoms with Gasteiger partial charge in [-0.25, -0.2) is 5.06 Å². The van der Waals surface area contributed by atoms with Crippen LogP contribution in [0.5, 0.6) is 0 Å². The summed E-state index contributed by atoms with van der Waals surface area (Å²) in [4.78, 5) is 27.8. The van der Waals surface area contributed by atoms with Crippen LogP contribution >= 0.6 is 0 Å². The van der Waals surface area contributed by atoms with E-state index in [1.165, 1.54) is 26.5 Å². The highest BCUT2D eigenvalue weighted by atomic mass is 16.7. The zero-order chi connectivity index (χ0) is 12.1. The van der Waals surface area contributed by atoms with E-state index in [9.17, 15) is 9.59 Å². The van der Waals surface area contributed by atoms with E-state index in [-0.39, 0.29) is 11.7 Å². The van der Waals surface area contributed by atoms with Crippen molar-refractivity contribution in [3.05, 3.63) is 24.2 Å². The molecular formula is C10H14N2O4. The van der Waals surface area contributed by atoms with Crippen LogP contribution in [-0.2, 0) is 9.63 Å². The Morgan fingerprint density at radius 2 is 2.25 bits per heavy atom. The van der Waals surface area contributed by atoms with Gasteiger partial charge in [-0.3, -0.25) is 14.4 Å². The van der Waals surface area contributed by atoms with Gasteiger partial charge in [-0.2, -0.15) is 0 Å². The number of carbonyl (C=O) groups excluding carboxylic acids is 2. The van der Waals surface area contributed by atoms with Crippen LogP contribution in [0.4, 0.5) is 0 Å². The number of rotatable bonds is 4. The molecule has 0 spiro atoms. The van der Waals surface area contributed by atoms with Crippen LogP contribution in [0, 0.1) is 0 Å². The number of furan rings is 1. The average molecular weight is 226 g/mol. The molecule has 2 amide bonds. The molecule has 1 heterocycles. The van der Waals surface area contributed by atoms with E-state index >= 15 is 0 Å². The van der Waals surface area contributed by atoms with Gasteiger partial charge in [0.2, 0.25) is 0 Å². The zero-order valence-electron chi connectivity index (χ0n) is 9.39. The first-order valence-corrected chi connectivity index (χ1v) is 4.72. The molecule has 0 fully saturated rings. The van der Waals surface area contributed by atoms with Crippen LogP contribution in [-0.4, -0.2) is 37.1 Å². The van der Waals surface area contributed by atoms with Crippen molar-refractivity contribution in [3.63, 3.8) is 0 Å². The molecule has 0 radical (unpaired) electrons. The number of carbonyl (C=O) groups is 2. The summed E-state index contributed by atoms with van der Waals surface area (Å²) in [6.45, 7) is 1.57. The third kappa shape index (κ3) is 2.83. The van der Waals surface area contributed by atoms with E-state index in [0.717, 1.165) is 5.06 Å². The second kappa shape index (κ2) is 5.32. The lowest BCUT2D eigenvalue weighted by Gasteiger charge is -2.19. The van der Waals surface area contributed by atoms with E-state index in [1.807, 2.05) is 0 Å².